The molecule has 1 amide bonds. The fourth-order valence-corrected chi connectivity index (χ4v) is 2.82. The van der Waals surface area contributed by atoms with E-state index in [1.807, 2.05) is 17.0 Å². The van der Waals surface area contributed by atoms with Crippen LogP contribution in [0.4, 0.5) is 0 Å². The summed E-state index contributed by atoms with van der Waals surface area (Å²) in [6, 6.07) is 6.01. The maximum atomic E-state index is 11.7. The van der Waals surface area contributed by atoms with E-state index in [2.05, 4.69) is 12.6 Å². The van der Waals surface area contributed by atoms with Gasteiger partial charge in [-0.25, -0.2) is 0 Å². The summed E-state index contributed by atoms with van der Waals surface area (Å²) in [5.74, 6) is 1.73. The standard InChI is InChI=1S/C13H15NO2S/c1-3-13(15)14-6-7-17-12-5-4-11(16-2)8-10(12)9-14/h3-5,8H,1,6-7,9H2,2H3. The molecule has 0 saturated heterocycles. The van der Waals surface area contributed by atoms with Crippen molar-refractivity contribution in [1.29, 1.82) is 0 Å². The van der Waals surface area contributed by atoms with E-state index in [0.717, 1.165) is 23.6 Å². The number of benzene rings is 1. The van der Waals surface area contributed by atoms with Crippen molar-refractivity contribution in [2.45, 2.75) is 11.4 Å². The molecule has 0 atom stereocenters. The Morgan fingerprint density at radius 2 is 2.41 bits per heavy atom. The fraction of sp³-hybridized carbons (Fsp3) is 0.308. The van der Waals surface area contributed by atoms with E-state index < -0.39 is 0 Å². The first kappa shape index (κ1) is 12.0. The third-order valence-corrected chi connectivity index (χ3v) is 3.83. The lowest BCUT2D eigenvalue weighted by Gasteiger charge is -2.18. The molecule has 0 aromatic heterocycles. The maximum Gasteiger partial charge on any atom is 0.246 e. The molecule has 0 N–H and O–H groups in total. The zero-order valence-corrected chi connectivity index (χ0v) is 10.6. The van der Waals surface area contributed by atoms with Crippen LogP contribution in [0.25, 0.3) is 0 Å². The number of rotatable bonds is 2. The van der Waals surface area contributed by atoms with E-state index in [0.29, 0.717) is 6.54 Å². The number of thioether (sulfide) groups is 1. The van der Waals surface area contributed by atoms with Gasteiger partial charge in [0.1, 0.15) is 5.75 Å². The van der Waals surface area contributed by atoms with Gasteiger partial charge in [0.15, 0.2) is 0 Å². The molecule has 1 aliphatic rings. The highest BCUT2D eigenvalue weighted by Crippen LogP contribution is 2.30. The highest BCUT2D eigenvalue weighted by molar-refractivity contribution is 7.99. The first-order valence-electron chi connectivity index (χ1n) is 5.45. The van der Waals surface area contributed by atoms with Crippen LogP contribution < -0.4 is 4.74 Å². The Labute approximate surface area is 105 Å². The molecule has 0 fully saturated rings. The Bertz CT molecular complexity index is 445. The zero-order valence-electron chi connectivity index (χ0n) is 9.81. The van der Waals surface area contributed by atoms with Crippen LogP contribution in [0.5, 0.6) is 5.75 Å². The van der Waals surface area contributed by atoms with Gasteiger partial charge in [0.05, 0.1) is 7.11 Å². The van der Waals surface area contributed by atoms with Gasteiger partial charge in [0, 0.05) is 23.7 Å². The van der Waals surface area contributed by atoms with Crippen molar-refractivity contribution in [3.8, 4) is 5.75 Å². The summed E-state index contributed by atoms with van der Waals surface area (Å²) in [6.07, 6.45) is 1.37. The molecule has 0 spiro atoms. The maximum absolute atomic E-state index is 11.7. The molecule has 3 nitrogen and oxygen atoms in total. The number of fused-ring (bicyclic) bond motifs is 1. The van der Waals surface area contributed by atoms with E-state index in [1.54, 1.807) is 18.9 Å². The van der Waals surface area contributed by atoms with Gasteiger partial charge in [-0.3, -0.25) is 4.79 Å². The predicted octanol–water partition coefficient (Wildman–Crippen LogP) is 2.32. The van der Waals surface area contributed by atoms with Crippen molar-refractivity contribution in [2.24, 2.45) is 0 Å². The minimum absolute atomic E-state index is 0.0127. The van der Waals surface area contributed by atoms with Crippen LogP contribution in [0, 0.1) is 0 Å². The highest BCUT2D eigenvalue weighted by atomic mass is 32.2. The topological polar surface area (TPSA) is 29.5 Å². The molecule has 1 aliphatic heterocycles. The largest absolute Gasteiger partial charge is 0.497 e. The molecular weight excluding hydrogens is 234 g/mol. The lowest BCUT2D eigenvalue weighted by molar-refractivity contribution is -0.126. The average molecular weight is 249 g/mol. The molecular formula is C13H15NO2S. The number of nitrogens with zero attached hydrogens (tertiary/aromatic N) is 1. The summed E-state index contributed by atoms with van der Waals surface area (Å²) in [5.41, 5.74) is 1.14. The van der Waals surface area contributed by atoms with Gasteiger partial charge >= 0.3 is 0 Å². The molecule has 0 aliphatic carbocycles. The molecule has 17 heavy (non-hydrogen) atoms. The van der Waals surface area contributed by atoms with Crippen LogP contribution in [0.15, 0.2) is 35.7 Å². The molecule has 4 heteroatoms. The second-order valence-corrected chi connectivity index (χ2v) is 4.92. The first-order valence-corrected chi connectivity index (χ1v) is 6.44. The van der Waals surface area contributed by atoms with Crippen LogP contribution in [0.3, 0.4) is 0 Å². The lowest BCUT2D eigenvalue weighted by atomic mass is 10.2. The number of ether oxygens (including phenoxy) is 1. The van der Waals surface area contributed by atoms with Crippen molar-refractivity contribution < 1.29 is 9.53 Å². The second kappa shape index (κ2) is 5.27. The average Bonchev–Trinajstić information content (AvgIpc) is 2.58. The van der Waals surface area contributed by atoms with Crippen molar-refractivity contribution in [2.75, 3.05) is 19.4 Å². The molecule has 2 rings (SSSR count). The van der Waals surface area contributed by atoms with E-state index in [1.165, 1.54) is 11.0 Å². The summed E-state index contributed by atoms with van der Waals surface area (Å²) in [5, 5.41) is 0. The van der Waals surface area contributed by atoms with E-state index in [9.17, 15) is 4.79 Å². The summed E-state index contributed by atoms with van der Waals surface area (Å²) in [4.78, 5) is 14.7. The summed E-state index contributed by atoms with van der Waals surface area (Å²) >= 11 is 1.78. The molecule has 1 aromatic carbocycles. The van der Waals surface area contributed by atoms with Crippen LogP contribution in [0.2, 0.25) is 0 Å². The normalized spacial score (nSPS) is 14.8. The molecule has 0 radical (unpaired) electrons. The Morgan fingerprint density at radius 3 is 3.12 bits per heavy atom. The van der Waals surface area contributed by atoms with Gasteiger partial charge in [0.25, 0.3) is 0 Å². The molecule has 90 valence electrons. The smallest absolute Gasteiger partial charge is 0.246 e. The predicted molar refractivity (Wildman–Crippen MR) is 69.3 cm³/mol. The van der Waals surface area contributed by atoms with Gasteiger partial charge in [-0.05, 0) is 29.8 Å². The third kappa shape index (κ3) is 2.64. The van der Waals surface area contributed by atoms with Crippen molar-refractivity contribution in [1.82, 2.24) is 4.90 Å². The molecule has 1 heterocycles. The van der Waals surface area contributed by atoms with Gasteiger partial charge in [-0.2, -0.15) is 0 Å². The zero-order chi connectivity index (χ0) is 12.3. The van der Waals surface area contributed by atoms with Crippen LogP contribution in [0.1, 0.15) is 5.56 Å². The van der Waals surface area contributed by atoms with Crippen molar-refractivity contribution in [3.05, 3.63) is 36.4 Å². The number of carbonyl (C=O) groups is 1. The number of methoxy groups -OCH3 is 1. The Balaban J connectivity index is 2.28. The van der Waals surface area contributed by atoms with Crippen molar-refractivity contribution >= 4 is 17.7 Å². The monoisotopic (exact) mass is 249 g/mol. The number of hydrogen-bond acceptors (Lipinski definition) is 3. The number of hydrogen-bond donors (Lipinski definition) is 0. The van der Waals surface area contributed by atoms with E-state index in [4.69, 9.17) is 4.74 Å². The second-order valence-electron chi connectivity index (χ2n) is 3.79. The van der Waals surface area contributed by atoms with Gasteiger partial charge in [-0.1, -0.05) is 6.58 Å². The molecule has 1 aromatic rings. The minimum atomic E-state index is -0.0127. The lowest BCUT2D eigenvalue weighted by Crippen LogP contribution is -2.29. The molecule has 0 unspecified atom stereocenters. The Morgan fingerprint density at radius 1 is 1.59 bits per heavy atom. The minimum Gasteiger partial charge on any atom is -0.497 e. The Hall–Kier alpha value is -1.42. The third-order valence-electron chi connectivity index (χ3n) is 2.73. The van der Waals surface area contributed by atoms with E-state index >= 15 is 0 Å². The summed E-state index contributed by atoms with van der Waals surface area (Å²) in [7, 11) is 1.65. The fourth-order valence-electron chi connectivity index (χ4n) is 1.81. The number of carbonyl (C=O) groups excluding carboxylic acids is 1. The highest BCUT2D eigenvalue weighted by Gasteiger charge is 2.17. The quantitative estimate of drug-likeness (QED) is 0.753. The van der Waals surface area contributed by atoms with Crippen LogP contribution in [-0.2, 0) is 11.3 Å². The van der Waals surface area contributed by atoms with E-state index in [-0.39, 0.29) is 5.91 Å². The van der Waals surface area contributed by atoms with Crippen molar-refractivity contribution in [3.63, 3.8) is 0 Å². The van der Waals surface area contributed by atoms with Gasteiger partial charge in [-0.15, -0.1) is 11.8 Å². The first-order chi connectivity index (χ1) is 8.24. The number of amides is 1. The SMILES string of the molecule is C=CC(=O)N1CCSc2ccc(OC)cc2C1. The molecule has 0 saturated carbocycles. The van der Waals surface area contributed by atoms with Crippen LogP contribution in [-0.4, -0.2) is 30.2 Å². The summed E-state index contributed by atoms with van der Waals surface area (Å²) in [6.45, 7) is 4.92. The van der Waals surface area contributed by atoms with Crippen LogP contribution >= 0.6 is 11.8 Å². The van der Waals surface area contributed by atoms with Gasteiger partial charge in [0.2, 0.25) is 5.91 Å². The summed E-state index contributed by atoms with van der Waals surface area (Å²) < 4.78 is 5.21. The molecule has 0 bridgehead atoms. The van der Waals surface area contributed by atoms with Gasteiger partial charge < -0.3 is 9.64 Å². The Kier molecular flexibility index (Phi) is 3.74.